The average molecular weight is 335 g/mol. The number of hydrogen-bond donors (Lipinski definition) is 1. The first kappa shape index (κ1) is 19.0. The second kappa shape index (κ2) is 8.15. The molecule has 1 aromatic rings. The molecule has 136 valence electrons. The van der Waals surface area contributed by atoms with Crippen LogP contribution >= 0.6 is 0 Å². The monoisotopic (exact) mass is 334 g/mol. The minimum absolute atomic E-state index is 0.166. The van der Waals surface area contributed by atoms with Crippen LogP contribution in [0, 0.1) is 25.7 Å². The molecule has 24 heavy (non-hydrogen) atoms. The van der Waals surface area contributed by atoms with E-state index in [9.17, 15) is 4.79 Å². The standard InChI is InChI=1S/C19H34N4O/c1-13(2)11-23-16(5)18(15(4)21-23)8-9-19(24)22-10-6-7-17(12-22)14(3)20/h13-14,17H,6-12,20H2,1-5H3. The van der Waals surface area contributed by atoms with E-state index in [2.05, 4.69) is 44.4 Å². The normalized spacial score (nSPS) is 19.8. The number of likely N-dealkylation sites (tertiary alicyclic amines) is 1. The Hall–Kier alpha value is -1.36. The number of hydrogen-bond acceptors (Lipinski definition) is 3. The Morgan fingerprint density at radius 2 is 2.04 bits per heavy atom. The highest BCUT2D eigenvalue weighted by atomic mass is 16.2. The van der Waals surface area contributed by atoms with Gasteiger partial charge in [-0.2, -0.15) is 5.10 Å². The molecule has 2 atom stereocenters. The highest BCUT2D eigenvalue weighted by molar-refractivity contribution is 5.76. The maximum atomic E-state index is 12.6. The lowest BCUT2D eigenvalue weighted by Gasteiger charge is -2.34. The number of carbonyl (C=O) groups is 1. The molecule has 0 radical (unpaired) electrons. The van der Waals surface area contributed by atoms with E-state index in [1.54, 1.807) is 0 Å². The number of rotatable bonds is 6. The van der Waals surface area contributed by atoms with Gasteiger partial charge in [-0.15, -0.1) is 0 Å². The summed E-state index contributed by atoms with van der Waals surface area (Å²) in [6.07, 6.45) is 3.57. The Bertz CT molecular complexity index is 562. The van der Waals surface area contributed by atoms with Gasteiger partial charge in [-0.3, -0.25) is 9.48 Å². The van der Waals surface area contributed by atoms with E-state index in [0.717, 1.165) is 44.6 Å². The van der Waals surface area contributed by atoms with Crippen LogP contribution in [0.2, 0.25) is 0 Å². The summed E-state index contributed by atoms with van der Waals surface area (Å²) < 4.78 is 2.09. The smallest absolute Gasteiger partial charge is 0.222 e. The van der Waals surface area contributed by atoms with Crippen LogP contribution in [-0.2, 0) is 17.8 Å². The zero-order valence-electron chi connectivity index (χ0n) is 16.0. The van der Waals surface area contributed by atoms with Gasteiger partial charge in [0.05, 0.1) is 5.69 Å². The lowest BCUT2D eigenvalue weighted by molar-refractivity contribution is -0.133. The summed E-state index contributed by atoms with van der Waals surface area (Å²) in [6.45, 7) is 13.3. The molecule has 1 amide bonds. The van der Waals surface area contributed by atoms with Crippen LogP contribution in [0.15, 0.2) is 0 Å². The predicted octanol–water partition coefficient (Wildman–Crippen LogP) is 2.67. The highest BCUT2D eigenvalue weighted by Gasteiger charge is 2.26. The number of nitrogens with two attached hydrogens (primary N) is 1. The zero-order valence-corrected chi connectivity index (χ0v) is 16.0. The molecule has 2 unspecified atom stereocenters. The number of amides is 1. The van der Waals surface area contributed by atoms with Gasteiger partial charge < -0.3 is 10.6 Å². The molecule has 5 nitrogen and oxygen atoms in total. The fourth-order valence-corrected chi connectivity index (χ4v) is 3.68. The van der Waals surface area contributed by atoms with Gasteiger partial charge in [-0.25, -0.2) is 0 Å². The van der Waals surface area contributed by atoms with Crippen molar-refractivity contribution in [2.75, 3.05) is 13.1 Å². The van der Waals surface area contributed by atoms with Gasteiger partial charge in [0.1, 0.15) is 0 Å². The summed E-state index contributed by atoms with van der Waals surface area (Å²) >= 11 is 0. The van der Waals surface area contributed by atoms with Crippen LogP contribution in [0.5, 0.6) is 0 Å². The van der Waals surface area contributed by atoms with Crippen molar-refractivity contribution < 1.29 is 4.79 Å². The summed E-state index contributed by atoms with van der Waals surface area (Å²) in [5, 5.41) is 4.65. The fourth-order valence-electron chi connectivity index (χ4n) is 3.68. The van der Waals surface area contributed by atoms with Gasteiger partial charge in [-0.1, -0.05) is 13.8 Å². The van der Waals surface area contributed by atoms with Gasteiger partial charge in [0.15, 0.2) is 0 Å². The second-order valence-corrected chi connectivity index (χ2v) is 7.83. The Morgan fingerprint density at radius 3 is 2.67 bits per heavy atom. The molecule has 2 heterocycles. The predicted molar refractivity (Wildman–Crippen MR) is 97.8 cm³/mol. The first-order chi connectivity index (χ1) is 11.3. The molecule has 1 aliphatic rings. The van der Waals surface area contributed by atoms with Crippen molar-refractivity contribution in [1.29, 1.82) is 0 Å². The van der Waals surface area contributed by atoms with Crippen molar-refractivity contribution in [1.82, 2.24) is 14.7 Å². The van der Waals surface area contributed by atoms with Gasteiger partial charge in [0.25, 0.3) is 0 Å². The Labute approximate surface area is 146 Å². The largest absolute Gasteiger partial charge is 0.342 e. The molecule has 0 spiro atoms. The maximum absolute atomic E-state index is 12.6. The molecule has 1 saturated heterocycles. The van der Waals surface area contributed by atoms with Crippen LogP contribution in [0.4, 0.5) is 0 Å². The SMILES string of the molecule is Cc1nn(CC(C)C)c(C)c1CCC(=O)N1CCCC(C(C)N)C1. The van der Waals surface area contributed by atoms with Gasteiger partial charge in [-0.05, 0) is 57.4 Å². The van der Waals surface area contributed by atoms with Crippen LogP contribution in [0.1, 0.15) is 57.0 Å². The molecule has 1 aromatic heterocycles. The first-order valence-electron chi connectivity index (χ1n) is 9.35. The third kappa shape index (κ3) is 4.59. The molecule has 0 aromatic carbocycles. The molecule has 0 saturated carbocycles. The molecule has 2 N–H and O–H groups in total. The van der Waals surface area contributed by atoms with Crippen molar-refractivity contribution >= 4 is 5.91 Å². The molecular formula is C19H34N4O. The molecular weight excluding hydrogens is 300 g/mol. The van der Waals surface area contributed by atoms with Crippen LogP contribution in [0.25, 0.3) is 0 Å². The molecule has 0 aliphatic carbocycles. The van der Waals surface area contributed by atoms with Crippen molar-refractivity contribution in [2.45, 2.75) is 72.9 Å². The van der Waals surface area contributed by atoms with Gasteiger partial charge in [0, 0.05) is 37.8 Å². The van der Waals surface area contributed by atoms with Crippen LogP contribution < -0.4 is 5.73 Å². The molecule has 1 aliphatic heterocycles. The Morgan fingerprint density at radius 1 is 1.33 bits per heavy atom. The van der Waals surface area contributed by atoms with E-state index >= 15 is 0 Å². The molecule has 0 bridgehead atoms. The summed E-state index contributed by atoms with van der Waals surface area (Å²) in [5.74, 6) is 1.27. The van der Waals surface area contributed by atoms with E-state index in [1.165, 1.54) is 11.3 Å². The lowest BCUT2D eigenvalue weighted by Crippen LogP contribution is -2.45. The summed E-state index contributed by atoms with van der Waals surface area (Å²) in [5.41, 5.74) is 9.54. The van der Waals surface area contributed by atoms with Crippen molar-refractivity contribution in [3.05, 3.63) is 17.0 Å². The Balaban J connectivity index is 1.95. The Kier molecular flexibility index (Phi) is 6.44. The first-order valence-corrected chi connectivity index (χ1v) is 9.35. The number of aromatic nitrogens is 2. The lowest BCUT2D eigenvalue weighted by atomic mass is 9.92. The third-order valence-electron chi connectivity index (χ3n) is 5.21. The molecule has 1 fully saturated rings. The number of piperidine rings is 1. The summed E-state index contributed by atoms with van der Waals surface area (Å²) in [4.78, 5) is 14.6. The minimum atomic E-state index is 0.166. The zero-order chi connectivity index (χ0) is 17.9. The van der Waals surface area contributed by atoms with Crippen LogP contribution in [-0.4, -0.2) is 39.7 Å². The second-order valence-electron chi connectivity index (χ2n) is 7.83. The molecule has 2 rings (SSSR count). The van der Waals surface area contributed by atoms with E-state index in [0.29, 0.717) is 18.3 Å². The summed E-state index contributed by atoms with van der Waals surface area (Å²) in [6, 6.07) is 0.166. The van der Waals surface area contributed by atoms with Gasteiger partial charge >= 0.3 is 0 Å². The number of aryl methyl sites for hydroxylation is 1. The van der Waals surface area contributed by atoms with E-state index < -0.39 is 0 Å². The molecule has 5 heteroatoms. The van der Waals surface area contributed by atoms with E-state index in [4.69, 9.17) is 5.73 Å². The van der Waals surface area contributed by atoms with Gasteiger partial charge in [0.2, 0.25) is 5.91 Å². The van der Waals surface area contributed by atoms with Crippen molar-refractivity contribution in [3.8, 4) is 0 Å². The van der Waals surface area contributed by atoms with Crippen LogP contribution in [0.3, 0.4) is 0 Å². The van der Waals surface area contributed by atoms with E-state index in [1.807, 2.05) is 4.90 Å². The fraction of sp³-hybridized carbons (Fsp3) is 0.789. The minimum Gasteiger partial charge on any atom is -0.342 e. The van der Waals surface area contributed by atoms with E-state index in [-0.39, 0.29) is 11.9 Å². The quantitative estimate of drug-likeness (QED) is 0.870. The maximum Gasteiger partial charge on any atom is 0.222 e. The third-order valence-corrected chi connectivity index (χ3v) is 5.21. The highest BCUT2D eigenvalue weighted by Crippen LogP contribution is 2.21. The topological polar surface area (TPSA) is 64.2 Å². The van der Waals surface area contributed by atoms with Crippen molar-refractivity contribution in [3.63, 3.8) is 0 Å². The number of carbonyl (C=O) groups excluding carboxylic acids is 1. The van der Waals surface area contributed by atoms with Crippen molar-refractivity contribution in [2.24, 2.45) is 17.6 Å². The number of nitrogens with zero attached hydrogens (tertiary/aromatic N) is 3. The average Bonchev–Trinajstić information content (AvgIpc) is 2.78. The summed E-state index contributed by atoms with van der Waals surface area (Å²) in [7, 11) is 0.